The molecule has 2 aromatic carbocycles. The molecule has 3 amide bonds. The van der Waals surface area contributed by atoms with E-state index in [-0.39, 0.29) is 11.3 Å². The molecule has 146 valence electrons. The standard InChI is InChI=1S/C20H20F2N4O2/c1-11-17(19(27)24-13-6-9-15(21)16(22)10-13)18(25-20(28)23-11)12-4-7-14(8-5-12)26(2)3/h4-10,18H,1-3H3,(H,24,27)(H2,23,25,28). The molecule has 0 bridgehead atoms. The van der Waals surface area contributed by atoms with Crippen LogP contribution in [0.3, 0.4) is 0 Å². The lowest BCUT2D eigenvalue weighted by Gasteiger charge is -2.29. The highest BCUT2D eigenvalue weighted by Gasteiger charge is 2.31. The van der Waals surface area contributed by atoms with E-state index in [1.807, 2.05) is 43.3 Å². The van der Waals surface area contributed by atoms with Gasteiger partial charge in [-0.2, -0.15) is 0 Å². The molecule has 1 unspecified atom stereocenters. The average molecular weight is 386 g/mol. The monoisotopic (exact) mass is 386 g/mol. The summed E-state index contributed by atoms with van der Waals surface area (Å²) >= 11 is 0. The Morgan fingerprint density at radius 2 is 1.75 bits per heavy atom. The molecule has 3 N–H and O–H groups in total. The Balaban J connectivity index is 1.92. The number of rotatable bonds is 4. The van der Waals surface area contributed by atoms with E-state index in [1.54, 1.807) is 6.92 Å². The molecule has 0 fully saturated rings. The van der Waals surface area contributed by atoms with Gasteiger partial charge in [-0.15, -0.1) is 0 Å². The van der Waals surface area contributed by atoms with Gasteiger partial charge in [-0.3, -0.25) is 4.79 Å². The minimum absolute atomic E-state index is 0.114. The molecular formula is C20H20F2N4O2. The zero-order chi connectivity index (χ0) is 20.4. The van der Waals surface area contributed by atoms with Crippen LogP contribution in [-0.2, 0) is 4.79 Å². The van der Waals surface area contributed by atoms with Gasteiger partial charge >= 0.3 is 6.03 Å². The van der Waals surface area contributed by atoms with Gasteiger partial charge in [-0.25, -0.2) is 13.6 Å². The number of nitrogens with one attached hydrogen (secondary N) is 3. The highest BCUT2D eigenvalue weighted by atomic mass is 19.2. The third-order valence-corrected chi connectivity index (χ3v) is 4.43. The molecule has 0 saturated heterocycles. The molecule has 1 atom stereocenters. The molecule has 28 heavy (non-hydrogen) atoms. The number of halogens is 2. The van der Waals surface area contributed by atoms with Crippen molar-refractivity contribution in [3.8, 4) is 0 Å². The van der Waals surface area contributed by atoms with Crippen LogP contribution >= 0.6 is 0 Å². The maximum Gasteiger partial charge on any atom is 0.319 e. The molecule has 1 aliphatic heterocycles. The number of hydrogen-bond donors (Lipinski definition) is 3. The molecule has 3 rings (SSSR count). The second-order valence-corrected chi connectivity index (χ2v) is 6.64. The quantitative estimate of drug-likeness (QED) is 0.755. The Hall–Kier alpha value is -3.42. The number of carbonyl (C=O) groups is 2. The van der Waals surface area contributed by atoms with E-state index in [2.05, 4.69) is 16.0 Å². The summed E-state index contributed by atoms with van der Waals surface area (Å²) < 4.78 is 26.5. The Bertz CT molecular complexity index is 955. The van der Waals surface area contributed by atoms with Gasteiger partial charge in [-0.1, -0.05) is 12.1 Å². The third-order valence-electron chi connectivity index (χ3n) is 4.43. The van der Waals surface area contributed by atoms with Crippen molar-refractivity contribution in [2.45, 2.75) is 13.0 Å². The fourth-order valence-corrected chi connectivity index (χ4v) is 2.98. The predicted octanol–water partition coefficient (Wildman–Crippen LogP) is 3.30. The van der Waals surface area contributed by atoms with E-state index in [9.17, 15) is 18.4 Å². The van der Waals surface area contributed by atoms with E-state index < -0.39 is 29.6 Å². The summed E-state index contributed by atoms with van der Waals surface area (Å²) in [5, 5.41) is 7.86. The maximum atomic E-state index is 13.4. The van der Waals surface area contributed by atoms with Gasteiger partial charge in [-0.05, 0) is 36.8 Å². The van der Waals surface area contributed by atoms with Gasteiger partial charge in [0.2, 0.25) is 0 Å². The molecule has 0 spiro atoms. The van der Waals surface area contributed by atoms with E-state index in [4.69, 9.17) is 0 Å². The van der Waals surface area contributed by atoms with E-state index >= 15 is 0 Å². The summed E-state index contributed by atoms with van der Waals surface area (Å²) in [5.41, 5.74) is 2.46. The predicted molar refractivity (Wildman–Crippen MR) is 103 cm³/mol. The molecule has 1 aliphatic rings. The van der Waals surface area contributed by atoms with Crippen LogP contribution in [0.1, 0.15) is 18.5 Å². The van der Waals surface area contributed by atoms with Crippen LogP contribution < -0.4 is 20.9 Å². The van der Waals surface area contributed by atoms with E-state index in [0.29, 0.717) is 5.70 Å². The summed E-state index contributed by atoms with van der Waals surface area (Å²) in [5.74, 6) is -2.59. The molecule has 2 aromatic rings. The molecule has 6 nitrogen and oxygen atoms in total. The molecule has 0 radical (unpaired) electrons. The first kappa shape index (κ1) is 19.3. The van der Waals surface area contributed by atoms with Gasteiger partial charge < -0.3 is 20.9 Å². The van der Waals surface area contributed by atoms with Crippen molar-refractivity contribution in [2.24, 2.45) is 0 Å². The minimum atomic E-state index is -1.06. The molecular weight excluding hydrogens is 366 g/mol. The third kappa shape index (κ3) is 3.95. The second-order valence-electron chi connectivity index (χ2n) is 6.64. The first-order valence-electron chi connectivity index (χ1n) is 8.58. The summed E-state index contributed by atoms with van der Waals surface area (Å²) in [7, 11) is 3.82. The number of amides is 3. The van der Waals surface area contributed by atoms with Crippen molar-refractivity contribution in [3.05, 3.63) is 70.9 Å². The average Bonchev–Trinajstić information content (AvgIpc) is 2.64. The smallest absolute Gasteiger partial charge is 0.319 e. The summed E-state index contributed by atoms with van der Waals surface area (Å²) in [6.07, 6.45) is 0. The number of allylic oxidation sites excluding steroid dienone is 1. The number of benzene rings is 2. The Morgan fingerprint density at radius 1 is 1.07 bits per heavy atom. The highest BCUT2D eigenvalue weighted by Crippen LogP contribution is 2.29. The summed E-state index contributed by atoms with van der Waals surface area (Å²) in [6.45, 7) is 1.61. The first-order chi connectivity index (χ1) is 13.3. The van der Waals surface area contributed by atoms with Gasteiger partial charge in [0, 0.05) is 37.2 Å². The molecule has 1 heterocycles. The Morgan fingerprint density at radius 3 is 2.36 bits per heavy atom. The Kier molecular flexibility index (Phi) is 5.30. The van der Waals surface area contributed by atoms with Crippen molar-refractivity contribution in [2.75, 3.05) is 24.3 Å². The number of urea groups is 1. The van der Waals surface area contributed by atoms with Crippen molar-refractivity contribution >= 4 is 23.3 Å². The van der Waals surface area contributed by atoms with Gasteiger partial charge in [0.1, 0.15) is 0 Å². The maximum absolute atomic E-state index is 13.4. The SMILES string of the molecule is CC1=C(C(=O)Nc2ccc(F)c(F)c2)C(c2ccc(N(C)C)cc2)NC(=O)N1. The first-order valence-corrected chi connectivity index (χ1v) is 8.58. The molecule has 0 aliphatic carbocycles. The minimum Gasteiger partial charge on any atom is -0.378 e. The Labute approximate surface area is 161 Å². The fourth-order valence-electron chi connectivity index (χ4n) is 2.98. The number of hydrogen-bond acceptors (Lipinski definition) is 3. The summed E-state index contributed by atoms with van der Waals surface area (Å²) in [4.78, 5) is 26.7. The van der Waals surface area contributed by atoms with E-state index in [1.165, 1.54) is 6.07 Å². The lowest BCUT2D eigenvalue weighted by Crippen LogP contribution is -2.46. The molecule has 0 saturated carbocycles. The zero-order valence-electron chi connectivity index (χ0n) is 15.6. The largest absolute Gasteiger partial charge is 0.378 e. The highest BCUT2D eigenvalue weighted by molar-refractivity contribution is 6.06. The molecule has 8 heteroatoms. The van der Waals surface area contributed by atoms with Crippen LogP contribution in [0.5, 0.6) is 0 Å². The normalized spacial score (nSPS) is 16.3. The topological polar surface area (TPSA) is 73.5 Å². The summed E-state index contributed by atoms with van der Waals surface area (Å²) in [6, 6.07) is 9.39. The second kappa shape index (κ2) is 7.67. The van der Waals surface area contributed by atoms with Crippen molar-refractivity contribution in [1.82, 2.24) is 10.6 Å². The van der Waals surface area contributed by atoms with E-state index in [0.717, 1.165) is 23.4 Å². The van der Waals surface area contributed by atoms with Crippen molar-refractivity contribution < 1.29 is 18.4 Å². The lowest BCUT2D eigenvalue weighted by atomic mass is 9.94. The van der Waals surface area contributed by atoms with Gasteiger partial charge in [0.15, 0.2) is 11.6 Å². The lowest BCUT2D eigenvalue weighted by molar-refractivity contribution is -0.113. The van der Waals surface area contributed by atoms with Crippen LogP contribution in [0.25, 0.3) is 0 Å². The number of nitrogens with zero attached hydrogens (tertiary/aromatic N) is 1. The van der Waals surface area contributed by atoms with Crippen LogP contribution in [0, 0.1) is 11.6 Å². The van der Waals surface area contributed by atoms with Crippen LogP contribution in [-0.4, -0.2) is 26.0 Å². The van der Waals surface area contributed by atoms with Crippen molar-refractivity contribution in [3.63, 3.8) is 0 Å². The van der Waals surface area contributed by atoms with Crippen molar-refractivity contribution in [1.29, 1.82) is 0 Å². The van der Waals surface area contributed by atoms with Crippen LogP contribution in [0.4, 0.5) is 25.0 Å². The van der Waals surface area contributed by atoms with Gasteiger partial charge in [0.25, 0.3) is 5.91 Å². The zero-order valence-corrected chi connectivity index (χ0v) is 15.6. The number of anilines is 2. The van der Waals surface area contributed by atoms with Crippen LogP contribution in [0.2, 0.25) is 0 Å². The molecule has 0 aromatic heterocycles. The number of carbonyl (C=O) groups excluding carboxylic acids is 2. The van der Waals surface area contributed by atoms with Crippen LogP contribution in [0.15, 0.2) is 53.7 Å². The van der Waals surface area contributed by atoms with Gasteiger partial charge in [0.05, 0.1) is 11.6 Å². The fraction of sp³-hybridized carbons (Fsp3) is 0.200.